The Bertz CT molecular complexity index is 1050. The summed E-state index contributed by atoms with van der Waals surface area (Å²) in [6.45, 7) is 3.80. The number of aromatic nitrogens is 1. The molecule has 2 aromatic heterocycles. The smallest absolute Gasteiger partial charge is 0.395 e. The number of pyridine rings is 1. The van der Waals surface area contributed by atoms with E-state index in [9.17, 15) is 19.7 Å². The van der Waals surface area contributed by atoms with Crippen LogP contribution < -0.4 is 10.9 Å². The van der Waals surface area contributed by atoms with Crippen molar-refractivity contribution in [3.63, 3.8) is 0 Å². The second-order valence-electron chi connectivity index (χ2n) is 5.52. The SMILES string of the molecule is CCc1c(C)c2ccc(NC(=O)c3ccc([N+](=O)[O-])o3)cc2[nH]c1=O. The Hall–Kier alpha value is -3.42. The van der Waals surface area contributed by atoms with E-state index in [0.29, 0.717) is 17.6 Å². The van der Waals surface area contributed by atoms with Crippen molar-refractivity contribution in [3.8, 4) is 0 Å². The van der Waals surface area contributed by atoms with Crippen molar-refractivity contribution in [2.24, 2.45) is 0 Å². The summed E-state index contributed by atoms with van der Waals surface area (Å²) in [6.07, 6.45) is 0.632. The molecule has 3 aromatic rings. The molecule has 0 atom stereocenters. The van der Waals surface area contributed by atoms with Crippen molar-refractivity contribution < 1.29 is 14.1 Å². The van der Waals surface area contributed by atoms with Gasteiger partial charge in [0.1, 0.15) is 4.92 Å². The van der Waals surface area contributed by atoms with Crippen LogP contribution in [0.25, 0.3) is 10.9 Å². The summed E-state index contributed by atoms with van der Waals surface area (Å²) >= 11 is 0. The van der Waals surface area contributed by atoms with Crippen LogP contribution in [0.2, 0.25) is 0 Å². The summed E-state index contributed by atoms with van der Waals surface area (Å²) in [5.41, 5.74) is 2.52. The van der Waals surface area contributed by atoms with Gasteiger partial charge in [0.2, 0.25) is 0 Å². The Balaban J connectivity index is 1.92. The summed E-state index contributed by atoms with van der Waals surface area (Å²) in [7, 11) is 0. The minimum Gasteiger partial charge on any atom is -0.395 e. The maximum Gasteiger partial charge on any atom is 0.433 e. The van der Waals surface area contributed by atoms with Crippen LogP contribution in [0.5, 0.6) is 0 Å². The number of nitro groups is 1. The van der Waals surface area contributed by atoms with Gasteiger partial charge in [0.15, 0.2) is 5.76 Å². The molecule has 0 radical (unpaired) electrons. The summed E-state index contributed by atoms with van der Waals surface area (Å²) in [5.74, 6) is -1.29. The largest absolute Gasteiger partial charge is 0.433 e. The monoisotopic (exact) mass is 341 g/mol. The number of fused-ring (bicyclic) bond motifs is 1. The van der Waals surface area contributed by atoms with E-state index in [-0.39, 0.29) is 11.3 Å². The molecule has 2 heterocycles. The number of carbonyl (C=O) groups excluding carboxylic acids is 1. The van der Waals surface area contributed by atoms with Gasteiger partial charge < -0.3 is 14.7 Å². The highest BCUT2D eigenvalue weighted by atomic mass is 16.6. The molecule has 1 amide bonds. The first-order chi connectivity index (χ1) is 11.9. The van der Waals surface area contributed by atoms with Crippen molar-refractivity contribution in [3.05, 3.63) is 67.7 Å². The number of furan rings is 1. The molecular formula is C17H15N3O5. The van der Waals surface area contributed by atoms with Crippen molar-refractivity contribution in [1.29, 1.82) is 0 Å². The molecule has 8 heteroatoms. The van der Waals surface area contributed by atoms with Crippen molar-refractivity contribution in [2.75, 3.05) is 5.32 Å². The summed E-state index contributed by atoms with van der Waals surface area (Å²) in [5, 5.41) is 14.1. The predicted octanol–water partition coefficient (Wildman–Crippen LogP) is 3.15. The molecule has 2 N–H and O–H groups in total. The van der Waals surface area contributed by atoms with Gasteiger partial charge in [0.25, 0.3) is 11.5 Å². The van der Waals surface area contributed by atoms with E-state index in [1.54, 1.807) is 18.2 Å². The highest BCUT2D eigenvalue weighted by Crippen LogP contribution is 2.23. The van der Waals surface area contributed by atoms with Crippen molar-refractivity contribution in [1.82, 2.24) is 4.98 Å². The minimum absolute atomic E-state index is 0.155. The Labute approximate surface area is 141 Å². The van der Waals surface area contributed by atoms with Gasteiger partial charge in [0, 0.05) is 16.6 Å². The highest BCUT2D eigenvalue weighted by molar-refractivity contribution is 6.03. The molecule has 0 aliphatic carbocycles. The number of hydrogen-bond acceptors (Lipinski definition) is 5. The maximum absolute atomic E-state index is 12.1. The maximum atomic E-state index is 12.1. The Kier molecular flexibility index (Phi) is 4.10. The fourth-order valence-corrected chi connectivity index (χ4v) is 2.75. The third-order valence-corrected chi connectivity index (χ3v) is 4.01. The number of amides is 1. The van der Waals surface area contributed by atoms with Crippen LogP contribution in [0.1, 0.15) is 28.6 Å². The number of nitrogens with one attached hydrogen (secondary N) is 2. The summed E-state index contributed by atoms with van der Waals surface area (Å²) in [6, 6.07) is 7.48. The van der Waals surface area contributed by atoms with Crippen LogP contribution >= 0.6 is 0 Å². The van der Waals surface area contributed by atoms with E-state index in [1.165, 1.54) is 6.07 Å². The Morgan fingerprint density at radius 3 is 2.72 bits per heavy atom. The quantitative estimate of drug-likeness (QED) is 0.558. The van der Waals surface area contributed by atoms with E-state index in [4.69, 9.17) is 4.42 Å². The van der Waals surface area contributed by atoms with Gasteiger partial charge in [-0.25, -0.2) is 0 Å². The van der Waals surface area contributed by atoms with Gasteiger partial charge in [-0.05, 0) is 37.1 Å². The highest BCUT2D eigenvalue weighted by Gasteiger charge is 2.17. The molecular weight excluding hydrogens is 326 g/mol. The predicted molar refractivity (Wildman–Crippen MR) is 92.0 cm³/mol. The number of aryl methyl sites for hydroxylation is 1. The standard InChI is InChI=1S/C17H15N3O5/c1-3-11-9(2)12-5-4-10(8-13(12)19-16(11)21)18-17(22)14-6-7-15(25-14)20(23)24/h4-8H,3H2,1-2H3,(H,18,22)(H,19,21). The molecule has 0 aliphatic heterocycles. The minimum atomic E-state index is -0.717. The number of H-pyrrole nitrogens is 1. The number of carbonyl (C=O) groups is 1. The number of nitrogens with zero attached hydrogens (tertiary/aromatic N) is 1. The lowest BCUT2D eigenvalue weighted by Gasteiger charge is -2.09. The average Bonchev–Trinajstić information content (AvgIpc) is 3.05. The normalized spacial score (nSPS) is 10.8. The molecule has 1 aromatic carbocycles. The summed E-state index contributed by atoms with van der Waals surface area (Å²) < 4.78 is 4.87. The molecule has 0 spiro atoms. The van der Waals surface area contributed by atoms with Crippen LogP contribution in [0.15, 0.2) is 39.5 Å². The van der Waals surface area contributed by atoms with Gasteiger partial charge in [-0.1, -0.05) is 13.0 Å². The zero-order valence-corrected chi connectivity index (χ0v) is 13.6. The zero-order chi connectivity index (χ0) is 18.1. The molecule has 0 saturated heterocycles. The van der Waals surface area contributed by atoms with Gasteiger partial charge in [0.05, 0.1) is 11.6 Å². The molecule has 0 fully saturated rings. The van der Waals surface area contributed by atoms with Crippen molar-refractivity contribution >= 4 is 28.4 Å². The third-order valence-electron chi connectivity index (χ3n) is 4.01. The second kappa shape index (κ2) is 6.23. The van der Waals surface area contributed by atoms with Gasteiger partial charge in [-0.15, -0.1) is 0 Å². The fraction of sp³-hybridized carbons (Fsp3) is 0.176. The van der Waals surface area contributed by atoms with Crippen LogP contribution in [-0.4, -0.2) is 15.8 Å². The average molecular weight is 341 g/mol. The van der Waals surface area contributed by atoms with Crippen LogP contribution in [0.4, 0.5) is 11.6 Å². The molecule has 128 valence electrons. The summed E-state index contributed by atoms with van der Waals surface area (Å²) in [4.78, 5) is 36.9. The zero-order valence-electron chi connectivity index (χ0n) is 13.6. The molecule has 3 rings (SSSR count). The van der Waals surface area contributed by atoms with E-state index in [2.05, 4.69) is 10.3 Å². The topological polar surface area (TPSA) is 118 Å². The first-order valence-corrected chi connectivity index (χ1v) is 7.61. The number of benzene rings is 1. The molecule has 25 heavy (non-hydrogen) atoms. The first kappa shape index (κ1) is 16.4. The van der Waals surface area contributed by atoms with Crippen LogP contribution in [0.3, 0.4) is 0 Å². The third kappa shape index (κ3) is 3.01. The van der Waals surface area contributed by atoms with Crippen LogP contribution in [-0.2, 0) is 6.42 Å². The first-order valence-electron chi connectivity index (χ1n) is 7.61. The lowest BCUT2D eigenvalue weighted by Crippen LogP contribution is -2.15. The molecule has 0 unspecified atom stereocenters. The Morgan fingerprint density at radius 2 is 2.08 bits per heavy atom. The fourth-order valence-electron chi connectivity index (χ4n) is 2.75. The van der Waals surface area contributed by atoms with Crippen molar-refractivity contribution in [2.45, 2.75) is 20.3 Å². The number of hydrogen-bond donors (Lipinski definition) is 2. The van der Waals surface area contributed by atoms with E-state index in [0.717, 1.165) is 22.6 Å². The number of aromatic amines is 1. The molecule has 0 bridgehead atoms. The van der Waals surface area contributed by atoms with E-state index in [1.807, 2.05) is 13.8 Å². The number of rotatable bonds is 4. The van der Waals surface area contributed by atoms with Gasteiger partial charge in [-0.3, -0.25) is 19.7 Å². The lowest BCUT2D eigenvalue weighted by atomic mass is 10.0. The van der Waals surface area contributed by atoms with Gasteiger partial charge in [-0.2, -0.15) is 0 Å². The Morgan fingerprint density at radius 1 is 1.32 bits per heavy atom. The molecule has 8 nitrogen and oxygen atoms in total. The second-order valence-corrected chi connectivity index (χ2v) is 5.52. The number of anilines is 1. The van der Waals surface area contributed by atoms with E-state index < -0.39 is 16.7 Å². The molecule has 0 saturated carbocycles. The van der Waals surface area contributed by atoms with E-state index >= 15 is 0 Å². The van der Waals surface area contributed by atoms with Crippen LogP contribution in [0, 0.1) is 17.0 Å². The van der Waals surface area contributed by atoms with Gasteiger partial charge >= 0.3 is 5.88 Å². The lowest BCUT2D eigenvalue weighted by molar-refractivity contribution is -0.402. The molecule has 0 aliphatic rings.